The van der Waals surface area contributed by atoms with Gasteiger partial charge in [0.25, 0.3) is 0 Å². The predicted octanol–water partition coefficient (Wildman–Crippen LogP) is 5.59. The number of rotatable bonds is 6. The summed E-state index contributed by atoms with van der Waals surface area (Å²) in [7, 11) is 1.76. The van der Waals surface area contributed by atoms with E-state index >= 15 is 0 Å². The van der Waals surface area contributed by atoms with Crippen molar-refractivity contribution < 1.29 is 4.74 Å². The smallest absolute Gasteiger partial charge is 0.136 e. The first-order valence-electron chi connectivity index (χ1n) is 9.61. The van der Waals surface area contributed by atoms with E-state index in [-0.39, 0.29) is 0 Å². The molecule has 0 aliphatic rings. The van der Waals surface area contributed by atoms with E-state index in [0.29, 0.717) is 0 Å². The van der Waals surface area contributed by atoms with Gasteiger partial charge in [-0.3, -0.25) is 0 Å². The molecule has 0 unspecified atom stereocenters. The Balaban J connectivity index is 1.96. The van der Waals surface area contributed by atoms with Gasteiger partial charge < -0.3 is 15.5 Å². The Kier molecular flexibility index (Phi) is 4.87. The van der Waals surface area contributed by atoms with Crippen molar-refractivity contribution in [3.05, 3.63) is 65.7 Å². The molecule has 0 saturated carbocycles. The Morgan fingerprint density at radius 3 is 2.56 bits per heavy atom. The molecule has 4 rings (SSSR count). The maximum atomic E-state index is 5.88. The van der Waals surface area contributed by atoms with Crippen LogP contribution in [0.1, 0.15) is 24.0 Å². The fourth-order valence-corrected chi connectivity index (χ4v) is 4.02. The molecule has 138 valence electrons. The van der Waals surface area contributed by atoms with Crippen molar-refractivity contribution in [2.24, 2.45) is 5.73 Å². The van der Waals surface area contributed by atoms with E-state index < -0.39 is 0 Å². The number of H-pyrrole nitrogens is 1. The minimum Gasteiger partial charge on any atom is -0.495 e. The lowest BCUT2D eigenvalue weighted by atomic mass is 9.97. The topological polar surface area (TPSA) is 51.0 Å². The van der Waals surface area contributed by atoms with Crippen molar-refractivity contribution in [1.29, 1.82) is 0 Å². The molecule has 0 bridgehead atoms. The highest BCUT2D eigenvalue weighted by Crippen LogP contribution is 2.40. The average molecular weight is 358 g/mol. The van der Waals surface area contributed by atoms with Gasteiger partial charge >= 0.3 is 0 Å². The molecule has 0 fully saturated rings. The van der Waals surface area contributed by atoms with Crippen LogP contribution in [0.15, 0.2) is 54.6 Å². The van der Waals surface area contributed by atoms with Gasteiger partial charge in [-0.2, -0.15) is 0 Å². The summed E-state index contributed by atoms with van der Waals surface area (Å²) in [6, 6.07) is 19.2. The molecule has 0 radical (unpaired) electrons. The summed E-state index contributed by atoms with van der Waals surface area (Å²) in [5.41, 5.74) is 11.9. The van der Waals surface area contributed by atoms with Crippen LogP contribution in [-0.2, 0) is 6.42 Å². The summed E-state index contributed by atoms with van der Waals surface area (Å²) in [5, 5.41) is 3.63. The Labute approximate surface area is 160 Å². The zero-order valence-electron chi connectivity index (χ0n) is 16.0. The van der Waals surface area contributed by atoms with Gasteiger partial charge in [0.2, 0.25) is 0 Å². The fraction of sp³-hybridized carbons (Fsp3) is 0.250. The van der Waals surface area contributed by atoms with E-state index in [2.05, 4.69) is 66.5 Å². The molecule has 0 atom stereocenters. The van der Waals surface area contributed by atoms with Gasteiger partial charge in [0.05, 0.1) is 12.8 Å². The van der Waals surface area contributed by atoms with Gasteiger partial charge in [0.15, 0.2) is 0 Å². The highest BCUT2D eigenvalue weighted by atomic mass is 16.5. The van der Waals surface area contributed by atoms with Crippen LogP contribution in [0.5, 0.6) is 5.75 Å². The summed E-state index contributed by atoms with van der Waals surface area (Å²) >= 11 is 0. The molecule has 0 spiro atoms. The number of hydrogen-bond donors (Lipinski definition) is 2. The maximum absolute atomic E-state index is 5.88. The summed E-state index contributed by atoms with van der Waals surface area (Å²) in [6.45, 7) is 2.89. The van der Waals surface area contributed by atoms with Crippen LogP contribution >= 0.6 is 0 Å². The molecule has 27 heavy (non-hydrogen) atoms. The monoisotopic (exact) mass is 358 g/mol. The van der Waals surface area contributed by atoms with Gasteiger partial charge in [-0.25, -0.2) is 0 Å². The van der Waals surface area contributed by atoms with Crippen molar-refractivity contribution >= 4 is 21.7 Å². The number of aryl methyl sites for hydroxylation is 2. The van der Waals surface area contributed by atoms with E-state index in [1.165, 1.54) is 33.1 Å². The minimum atomic E-state index is 0.732. The molecule has 3 aromatic carbocycles. The first-order valence-corrected chi connectivity index (χ1v) is 9.61. The Hall–Kier alpha value is -2.78. The summed E-state index contributed by atoms with van der Waals surface area (Å²) in [6.07, 6.45) is 3.12. The van der Waals surface area contributed by atoms with E-state index in [1.54, 1.807) is 7.11 Å². The van der Waals surface area contributed by atoms with Gasteiger partial charge in [-0.1, -0.05) is 48.5 Å². The van der Waals surface area contributed by atoms with Gasteiger partial charge in [0, 0.05) is 21.9 Å². The predicted molar refractivity (Wildman–Crippen MR) is 115 cm³/mol. The second-order valence-corrected chi connectivity index (χ2v) is 7.09. The van der Waals surface area contributed by atoms with E-state index in [0.717, 1.165) is 42.5 Å². The Morgan fingerprint density at radius 2 is 1.74 bits per heavy atom. The number of nitrogens with two attached hydrogens (primary N) is 1. The molecule has 1 heterocycles. The van der Waals surface area contributed by atoms with Crippen molar-refractivity contribution in [2.75, 3.05) is 13.7 Å². The normalized spacial score (nSPS) is 11.4. The number of ether oxygens (including phenoxy) is 1. The molecule has 3 nitrogen and oxygen atoms in total. The van der Waals surface area contributed by atoms with E-state index in [4.69, 9.17) is 10.5 Å². The molecule has 3 heteroatoms. The lowest BCUT2D eigenvalue weighted by Gasteiger charge is -2.13. The van der Waals surface area contributed by atoms with Gasteiger partial charge in [-0.15, -0.1) is 0 Å². The number of hydrogen-bond acceptors (Lipinski definition) is 2. The molecule has 0 aliphatic heterocycles. The quantitative estimate of drug-likeness (QED) is 0.442. The highest BCUT2D eigenvalue weighted by molar-refractivity contribution is 5.99. The largest absolute Gasteiger partial charge is 0.495 e. The second-order valence-electron chi connectivity index (χ2n) is 7.09. The SMILES string of the molecule is COc1c(-c2[nH]c3c(C)cccc3c2CCCCN)ccc2ccccc12. The standard InChI is InChI=1S/C24H26N2O/c1-16-8-7-12-19-20(11-5-6-15-25)23(26-22(16)19)21-14-13-17-9-3-4-10-18(17)24(21)27-2/h3-4,7-10,12-14,26H,5-6,11,15,25H2,1-2H3. The first-order chi connectivity index (χ1) is 13.2. The third kappa shape index (κ3) is 3.08. The Morgan fingerprint density at radius 1 is 0.926 bits per heavy atom. The summed E-state index contributed by atoms with van der Waals surface area (Å²) in [5.74, 6) is 0.928. The number of unbranched alkanes of at least 4 members (excludes halogenated alkanes) is 1. The number of aromatic amines is 1. The van der Waals surface area contributed by atoms with Crippen molar-refractivity contribution in [3.63, 3.8) is 0 Å². The molecular formula is C24H26N2O. The number of para-hydroxylation sites is 1. The van der Waals surface area contributed by atoms with Crippen LogP contribution in [-0.4, -0.2) is 18.6 Å². The van der Waals surface area contributed by atoms with Gasteiger partial charge in [-0.05, 0) is 55.3 Å². The number of aromatic nitrogens is 1. The molecule has 3 N–H and O–H groups in total. The van der Waals surface area contributed by atoms with Crippen LogP contribution in [0.25, 0.3) is 32.9 Å². The molecule has 0 saturated heterocycles. The Bertz CT molecular complexity index is 1090. The van der Waals surface area contributed by atoms with Crippen molar-refractivity contribution in [2.45, 2.75) is 26.2 Å². The van der Waals surface area contributed by atoms with Crippen LogP contribution in [0, 0.1) is 6.92 Å². The van der Waals surface area contributed by atoms with Crippen molar-refractivity contribution in [1.82, 2.24) is 4.98 Å². The second kappa shape index (κ2) is 7.45. The number of methoxy groups -OCH3 is 1. The van der Waals surface area contributed by atoms with Crippen LogP contribution in [0.4, 0.5) is 0 Å². The zero-order valence-corrected chi connectivity index (χ0v) is 16.0. The molecule has 0 amide bonds. The van der Waals surface area contributed by atoms with Crippen LogP contribution < -0.4 is 10.5 Å². The average Bonchev–Trinajstić information content (AvgIpc) is 3.07. The lowest BCUT2D eigenvalue weighted by molar-refractivity contribution is 0.421. The first kappa shape index (κ1) is 17.6. The van der Waals surface area contributed by atoms with E-state index in [9.17, 15) is 0 Å². The molecule has 4 aromatic rings. The zero-order chi connectivity index (χ0) is 18.8. The molecule has 1 aromatic heterocycles. The maximum Gasteiger partial charge on any atom is 0.136 e. The van der Waals surface area contributed by atoms with E-state index in [1.807, 2.05) is 0 Å². The third-order valence-electron chi connectivity index (χ3n) is 5.38. The molecule has 0 aliphatic carbocycles. The third-order valence-corrected chi connectivity index (χ3v) is 5.38. The van der Waals surface area contributed by atoms with Crippen LogP contribution in [0.2, 0.25) is 0 Å². The summed E-state index contributed by atoms with van der Waals surface area (Å²) < 4.78 is 5.88. The van der Waals surface area contributed by atoms with Crippen LogP contribution in [0.3, 0.4) is 0 Å². The fourth-order valence-electron chi connectivity index (χ4n) is 4.02. The number of fused-ring (bicyclic) bond motifs is 2. The molecular weight excluding hydrogens is 332 g/mol. The number of benzene rings is 3. The summed E-state index contributed by atoms with van der Waals surface area (Å²) in [4.78, 5) is 3.70. The highest BCUT2D eigenvalue weighted by Gasteiger charge is 2.18. The minimum absolute atomic E-state index is 0.732. The van der Waals surface area contributed by atoms with Gasteiger partial charge in [0.1, 0.15) is 5.75 Å². The number of nitrogens with one attached hydrogen (secondary N) is 1. The van der Waals surface area contributed by atoms with Crippen molar-refractivity contribution in [3.8, 4) is 17.0 Å². The lowest BCUT2D eigenvalue weighted by Crippen LogP contribution is -1.99.